The molecule has 0 aromatic heterocycles. The first-order chi connectivity index (χ1) is 10.2. The van der Waals surface area contributed by atoms with Crippen LogP contribution >= 0.6 is 0 Å². The van der Waals surface area contributed by atoms with Gasteiger partial charge in [-0.3, -0.25) is 4.72 Å². The van der Waals surface area contributed by atoms with Crippen molar-refractivity contribution in [1.82, 2.24) is 0 Å². The maximum absolute atomic E-state index is 12.9. The number of alkyl halides is 3. The molecule has 2 rings (SSSR count). The molecule has 0 unspecified atom stereocenters. The van der Waals surface area contributed by atoms with Crippen LogP contribution in [0.15, 0.2) is 53.4 Å². The fourth-order valence-electron chi connectivity index (χ4n) is 1.80. The highest BCUT2D eigenvalue weighted by atomic mass is 32.2. The summed E-state index contributed by atoms with van der Waals surface area (Å²) in [5, 5.41) is 0. The summed E-state index contributed by atoms with van der Waals surface area (Å²) in [5.41, 5.74) is -1.08. The van der Waals surface area contributed by atoms with Gasteiger partial charge in [-0.05, 0) is 36.4 Å². The van der Waals surface area contributed by atoms with Gasteiger partial charge in [0.15, 0.2) is 0 Å². The molecule has 0 amide bonds. The van der Waals surface area contributed by atoms with Gasteiger partial charge in [0.05, 0.1) is 17.6 Å². The van der Waals surface area contributed by atoms with Gasteiger partial charge in [0.2, 0.25) is 0 Å². The fourth-order valence-corrected chi connectivity index (χ4v) is 3.09. The van der Waals surface area contributed by atoms with Crippen molar-refractivity contribution in [2.24, 2.45) is 0 Å². The summed E-state index contributed by atoms with van der Waals surface area (Å²) in [5.74, 6) is 0.499. The molecule has 0 radical (unpaired) electrons. The topological polar surface area (TPSA) is 55.4 Å². The average molecular weight is 331 g/mol. The van der Waals surface area contributed by atoms with Gasteiger partial charge in [0, 0.05) is 5.69 Å². The number of hydrogen-bond acceptors (Lipinski definition) is 3. The van der Waals surface area contributed by atoms with Crippen molar-refractivity contribution < 1.29 is 26.3 Å². The van der Waals surface area contributed by atoms with Gasteiger partial charge >= 0.3 is 6.18 Å². The molecule has 0 spiro atoms. The van der Waals surface area contributed by atoms with E-state index in [1.807, 2.05) is 0 Å². The summed E-state index contributed by atoms with van der Waals surface area (Å²) in [6.45, 7) is 0. The molecule has 0 saturated carbocycles. The summed E-state index contributed by atoms with van der Waals surface area (Å²) >= 11 is 0. The number of nitrogens with one attached hydrogen (secondary N) is 1. The van der Waals surface area contributed by atoms with Crippen molar-refractivity contribution in [3.05, 3.63) is 54.1 Å². The summed E-state index contributed by atoms with van der Waals surface area (Å²) in [4.78, 5) is -0.821. The molecule has 118 valence electrons. The zero-order valence-electron chi connectivity index (χ0n) is 11.4. The SMILES string of the molecule is COc1ccc(NS(=O)(=O)c2ccccc2C(F)(F)F)cc1. The van der Waals surface area contributed by atoms with Gasteiger partial charge in [-0.1, -0.05) is 12.1 Å². The highest BCUT2D eigenvalue weighted by molar-refractivity contribution is 7.92. The third-order valence-corrected chi connectivity index (χ3v) is 4.26. The predicted octanol–water partition coefficient (Wildman–Crippen LogP) is 3.51. The minimum atomic E-state index is -4.76. The van der Waals surface area contributed by atoms with Crippen LogP contribution in [0.3, 0.4) is 0 Å². The van der Waals surface area contributed by atoms with Gasteiger partial charge in [0.1, 0.15) is 5.75 Å². The van der Waals surface area contributed by atoms with Crippen LogP contribution in [0.4, 0.5) is 18.9 Å². The van der Waals surface area contributed by atoms with E-state index in [2.05, 4.69) is 4.72 Å². The van der Waals surface area contributed by atoms with Gasteiger partial charge in [-0.2, -0.15) is 13.2 Å². The van der Waals surface area contributed by atoms with Crippen LogP contribution in [0.25, 0.3) is 0 Å². The molecule has 4 nitrogen and oxygen atoms in total. The second kappa shape index (κ2) is 5.88. The Labute approximate surface area is 125 Å². The number of benzene rings is 2. The first kappa shape index (κ1) is 16.2. The Morgan fingerprint density at radius 1 is 1.00 bits per heavy atom. The number of hydrogen-bond donors (Lipinski definition) is 1. The van der Waals surface area contributed by atoms with Gasteiger partial charge in [0.25, 0.3) is 10.0 Å². The average Bonchev–Trinajstić information content (AvgIpc) is 2.47. The molecule has 0 aliphatic heterocycles. The molecule has 0 aliphatic rings. The van der Waals surface area contributed by atoms with Crippen LogP contribution in [0.1, 0.15) is 5.56 Å². The van der Waals surface area contributed by atoms with Crippen LogP contribution in [-0.2, 0) is 16.2 Å². The summed E-state index contributed by atoms with van der Waals surface area (Å²) in [6.07, 6.45) is -4.76. The molecule has 22 heavy (non-hydrogen) atoms. The summed E-state index contributed by atoms with van der Waals surface area (Å²) in [6, 6.07) is 9.78. The molecule has 0 atom stereocenters. The molecule has 2 aromatic rings. The lowest BCUT2D eigenvalue weighted by molar-refractivity contribution is -0.139. The maximum atomic E-state index is 12.9. The minimum absolute atomic E-state index is 0.137. The molecular weight excluding hydrogens is 319 g/mol. The third-order valence-electron chi connectivity index (χ3n) is 2.82. The van der Waals surface area contributed by atoms with E-state index in [4.69, 9.17) is 4.74 Å². The van der Waals surface area contributed by atoms with Crippen molar-refractivity contribution in [2.45, 2.75) is 11.1 Å². The van der Waals surface area contributed by atoms with Crippen molar-refractivity contribution in [3.63, 3.8) is 0 Å². The van der Waals surface area contributed by atoms with Crippen molar-refractivity contribution in [1.29, 1.82) is 0 Å². The van der Waals surface area contributed by atoms with E-state index in [0.717, 1.165) is 18.2 Å². The number of methoxy groups -OCH3 is 1. The standard InChI is InChI=1S/C14H12F3NO3S/c1-21-11-8-6-10(7-9-11)18-22(19,20)13-5-3-2-4-12(13)14(15,16)17/h2-9,18H,1H3. The van der Waals surface area contributed by atoms with Crippen LogP contribution in [0, 0.1) is 0 Å². The molecule has 1 N–H and O–H groups in total. The smallest absolute Gasteiger partial charge is 0.417 e. The minimum Gasteiger partial charge on any atom is -0.497 e. The Kier molecular flexibility index (Phi) is 4.32. The normalized spacial score (nSPS) is 12.0. The third kappa shape index (κ3) is 3.51. The molecule has 2 aromatic carbocycles. The van der Waals surface area contributed by atoms with Crippen LogP contribution in [0.5, 0.6) is 5.75 Å². The zero-order chi connectivity index (χ0) is 16.4. The van der Waals surface area contributed by atoms with E-state index >= 15 is 0 Å². The lowest BCUT2D eigenvalue weighted by Crippen LogP contribution is -2.18. The summed E-state index contributed by atoms with van der Waals surface area (Å²) in [7, 11) is -2.91. The van der Waals surface area contributed by atoms with Crippen LogP contribution in [-0.4, -0.2) is 15.5 Å². The van der Waals surface area contributed by atoms with Gasteiger partial charge in [-0.25, -0.2) is 8.42 Å². The lowest BCUT2D eigenvalue weighted by Gasteiger charge is -2.14. The van der Waals surface area contributed by atoms with E-state index < -0.39 is 26.7 Å². The summed E-state index contributed by atoms with van der Waals surface area (Å²) < 4.78 is 70.1. The molecule has 0 heterocycles. The van der Waals surface area contributed by atoms with Crippen LogP contribution in [0.2, 0.25) is 0 Å². The first-order valence-electron chi connectivity index (χ1n) is 6.07. The molecule has 0 aliphatic carbocycles. The van der Waals surface area contributed by atoms with E-state index in [1.165, 1.54) is 37.4 Å². The lowest BCUT2D eigenvalue weighted by atomic mass is 10.2. The highest BCUT2D eigenvalue weighted by Gasteiger charge is 2.36. The van der Waals surface area contributed by atoms with Crippen molar-refractivity contribution >= 4 is 15.7 Å². The molecule has 0 bridgehead atoms. The van der Waals surface area contributed by atoms with E-state index in [9.17, 15) is 21.6 Å². The Hall–Kier alpha value is -2.22. The fraction of sp³-hybridized carbons (Fsp3) is 0.143. The van der Waals surface area contributed by atoms with Crippen molar-refractivity contribution in [2.75, 3.05) is 11.8 Å². The van der Waals surface area contributed by atoms with Crippen molar-refractivity contribution in [3.8, 4) is 5.75 Å². The Morgan fingerprint density at radius 2 is 1.59 bits per heavy atom. The largest absolute Gasteiger partial charge is 0.497 e. The number of sulfonamides is 1. The number of ether oxygens (including phenoxy) is 1. The Morgan fingerprint density at radius 3 is 2.14 bits per heavy atom. The van der Waals surface area contributed by atoms with Crippen LogP contribution < -0.4 is 9.46 Å². The highest BCUT2D eigenvalue weighted by Crippen LogP contribution is 2.34. The first-order valence-corrected chi connectivity index (χ1v) is 7.55. The number of rotatable bonds is 4. The zero-order valence-corrected chi connectivity index (χ0v) is 12.2. The Bertz CT molecular complexity index is 756. The second-order valence-electron chi connectivity index (χ2n) is 4.33. The van der Waals surface area contributed by atoms with E-state index in [-0.39, 0.29) is 5.69 Å². The second-order valence-corrected chi connectivity index (χ2v) is 5.98. The maximum Gasteiger partial charge on any atom is 0.417 e. The number of halogens is 3. The molecular formula is C14H12F3NO3S. The van der Waals surface area contributed by atoms with Gasteiger partial charge in [-0.15, -0.1) is 0 Å². The molecule has 0 saturated heterocycles. The predicted molar refractivity (Wildman–Crippen MR) is 75.2 cm³/mol. The van der Waals surface area contributed by atoms with E-state index in [1.54, 1.807) is 0 Å². The Balaban J connectivity index is 2.39. The monoisotopic (exact) mass is 331 g/mol. The molecule has 0 fully saturated rings. The van der Waals surface area contributed by atoms with E-state index in [0.29, 0.717) is 5.75 Å². The van der Waals surface area contributed by atoms with Gasteiger partial charge < -0.3 is 4.74 Å². The quantitative estimate of drug-likeness (QED) is 0.933. The molecule has 8 heteroatoms. The number of anilines is 1.